The average Bonchev–Trinajstić information content (AvgIpc) is 2.83. The lowest BCUT2D eigenvalue weighted by molar-refractivity contribution is 0.0697. The predicted octanol–water partition coefficient (Wildman–Crippen LogP) is 3.73. The lowest BCUT2D eigenvalue weighted by Gasteiger charge is -2.08. The van der Waals surface area contributed by atoms with Gasteiger partial charge in [0, 0.05) is 5.70 Å². The van der Waals surface area contributed by atoms with Crippen LogP contribution in [0, 0.1) is 0 Å². The van der Waals surface area contributed by atoms with Crippen molar-refractivity contribution in [3.05, 3.63) is 60.5 Å². The Hall–Kier alpha value is -2.62. The van der Waals surface area contributed by atoms with E-state index in [1.807, 2.05) is 30.6 Å². The summed E-state index contributed by atoms with van der Waals surface area (Å²) < 4.78 is 1.85. The second-order valence-electron chi connectivity index (χ2n) is 4.40. The Morgan fingerprint density at radius 1 is 1.45 bits per heavy atom. The average molecular weight is 268 g/mol. The van der Waals surface area contributed by atoms with E-state index in [1.165, 1.54) is 0 Å². The van der Waals surface area contributed by atoms with E-state index in [-0.39, 0.29) is 5.56 Å². The summed E-state index contributed by atoms with van der Waals surface area (Å²) in [6.45, 7) is 7.75. The van der Waals surface area contributed by atoms with Crippen molar-refractivity contribution in [1.82, 2.24) is 9.55 Å². The maximum Gasteiger partial charge on any atom is 0.335 e. The van der Waals surface area contributed by atoms with Crippen LogP contribution in [-0.4, -0.2) is 20.6 Å². The molecule has 0 bridgehead atoms. The predicted molar refractivity (Wildman–Crippen MR) is 80.6 cm³/mol. The van der Waals surface area contributed by atoms with Gasteiger partial charge >= 0.3 is 5.97 Å². The van der Waals surface area contributed by atoms with Gasteiger partial charge in [-0.2, -0.15) is 0 Å². The van der Waals surface area contributed by atoms with Crippen LogP contribution < -0.4 is 0 Å². The first-order valence-corrected chi connectivity index (χ1v) is 6.25. The fourth-order valence-corrected chi connectivity index (χ4v) is 2.12. The van der Waals surface area contributed by atoms with Crippen LogP contribution in [0.2, 0.25) is 0 Å². The summed E-state index contributed by atoms with van der Waals surface area (Å²) in [6, 6.07) is 4.89. The van der Waals surface area contributed by atoms with Crippen molar-refractivity contribution in [3.63, 3.8) is 0 Å². The van der Waals surface area contributed by atoms with Crippen molar-refractivity contribution in [3.8, 4) is 0 Å². The number of fused-ring (bicyclic) bond motifs is 1. The molecule has 1 N–H and O–H groups in total. The molecule has 1 aromatic carbocycles. The molecule has 0 aliphatic carbocycles. The fourth-order valence-electron chi connectivity index (χ4n) is 2.12. The summed E-state index contributed by atoms with van der Waals surface area (Å²) in [5, 5.41) is 9.09. The number of carboxylic acid groups (broad SMARTS) is 1. The number of allylic oxidation sites excluding steroid dienone is 5. The third-order valence-electron chi connectivity index (χ3n) is 3.07. The molecule has 102 valence electrons. The number of nitrogens with zero attached hydrogens (tertiary/aromatic N) is 2. The van der Waals surface area contributed by atoms with Crippen molar-refractivity contribution < 1.29 is 9.90 Å². The van der Waals surface area contributed by atoms with Gasteiger partial charge < -0.3 is 5.11 Å². The number of hydrogen-bond donors (Lipinski definition) is 1. The molecule has 0 spiro atoms. The number of hydrogen-bond acceptors (Lipinski definition) is 2. The maximum absolute atomic E-state index is 11.1. The Balaban J connectivity index is 2.71. The lowest BCUT2D eigenvalue weighted by atomic mass is 10.1. The minimum atomic E-state index is -0.950. The summed E-state index contributed by atoms with van der Waals surface area (Å²) >= 11 is 0. The summed E-state index contributed by atoms with van der Waals surface area (Å²) in [5.74, 6) is -0.950. The smallest absolute Gasteiger partial charge is 0.335 e. The Bertz CT molecular complexity index is 736. The molecule has 0 radical (unpaired) electrons. The summed E-state index contributed by atoms with van der Waals surface area (Å²) in [5.41, 5.74) is 3.66. The number of benzene rings is 1. The Kier molecular flexibility index (Phi) is 3.84. The van der Waals surface area contributed by atoms with Crippen LogP contribution in [0.5, 0.6) is 0 Å². The van der Waals surface area contributed by atoms with E-state index in [4.69, 9.17) is 5.11 Å². The van der Waals surface area contributed by atoms with E-state index in [1.54, 1.807) is 30.6 Å². The molecule has 0 unspecified atom stereocenters. The first kappa shape index (κ1) is 13.8. The zero-order chi connectivity index (χ0) is 14.7. The number of carbonyl (C=O) groups is 1. The van der Waals surface area contributed by atoms with Crippen LogP contribution in [-0.2, 0) is 0 Å². The van der Waals surface area contributed by atoms with E-state index >= 15 is 0 Å². The summed E-state index contributed by atoms with van der Waals surface area (Å²) in [7, 11) is 0. The van der Waals surface area contributed by atoms with Gasteiger partial charge in [-0.25, -0.2) is 9.78 Å². The lowest BCUT2D eigenvalue weighted by Crippen LogP contribution is -1.98. The minimum absolute atomic E-state index is 0.242. The van der Waals surface area contributed by atoms with Crippen molar-refractivity contribution in [1.29, 1.82) is 0 Å². The Labute approximate surface area is 117 Å². The first-order chi connectivity index (χ1) is 9.58. The van der Waals surface area contributed by atoms with Gasteiger partial charge in [0.15, 0.2) is 0 Å². The first-order valence-electron chi connectivity index (χ1n) is 6.25. The monoisotopic (exact) mass is 268 g/mol. The molecular formula is C16H16N2O2. The van der Waals surface area contributed by atoms with Gasteiger partial charge in [0.2, 0.25) is 0 Å². The van der Waals surface area contributed by atoms with Crippen LogP contribution in [0.1, 0.15) is 24.2 Å². The zero-order valence-corrected chi connectivity index (χ0v) is 11.5. The van der Waals surface area contributed by atoms with E-state index in [0.29, 0.717) is 0 Å². The molecule has 2 rings (SSSR count). The highest BCUT2D eigenvalue weighted by Crippen LogP contribution is 2.22. The molecule has 1 aromatic heterocycles. The molecule has 0 aliphatic rings. The molecule has 0 atom stereocenters. The van der Waals surface area contributed by atoms with Crippen molar-refractivity contribution in [2.75, 3.05) is 0 Å². The number of aromatic nitrogens is 2. The Morgan fingerprint density at radius 3 is 2.80 bits per heavy atom. The van der Waals surface area contributed by atoms with Gasteiger partial charge in [0.25, 0.3) is 0 Å². The molecule has 0 fully saturated rings. The number of carboxylic acids is 1. The largest absolute Gasteiger partial charge is 0.478 e. The van der Waals surface area contributed by atoms with E-state index < -0.39 is 5.97 Å². The second-order valence-corrected chi connectivity index (χ2v) is 4.40. The topological polar surface area (TPSA) is 55.1 Å². The number of rotatable bonds is 4. The zero-order valence-electron chi connectivity index (χ0n) is 11.5. The quantitative estimate of drug-likeness (QED) is 0.860. The fraction of sp³-hybridized carbons (Fsp3) is 0.125. The van der Waals surface area contributed by atoms with Gasteiger partial charge in [0.05, 0.1) is 16.6 Å². The molecule has 0 amide bonds. The molecule has 0 aliphatic heterocycles. The van der Waals surface area contributed by atoms with Gasteiger partial charge in [-0.15, -0.1) is 0 Å². The highest BCUT2D eigenvalue weighted by molar-refractivity contribution is 5.93. The van der Waals surface area contributed by atoms with Gasteiger partial charge in [-0.05, 0) is 43.7 Å². The van der Waals surface area contributed by atoms with Crippen LogP contribution in [0.15, 0.2) is 54.9 Å². The third-order valence-corrected chi connectivity index (χ3v) is 3.07. The molecule has 4 heteroatoms. The molecule has 0 saturated heterocycles. The number of aromatic carboxylic acids is 1. The molecule has 20 heavy (non-hydrogen) atoms. The second kappa shape index (κ2) is 5.57. The van der Waals surface area contributed by atoms with E-state index in [0.717, 1.165) is 22.3 Å². The van der Waals surface area contributed by atoms with E-state index in [2.05, 4.69) is 11.6 Å². The third kappa shape index (κ3) is 2.40. The van der Waals surface area contributed by atoms with Crippen LogP contribution in [0.3, 0.4) is 0 Å². The van der Waals surface area contributed by atoms with Crippen molar-refractivity contribution in [2.24, 2.45) is 0 Å². The van der Waals surface area contributed by atoms with Crippen LogP contribution in [0.25, 0.3) is 16.7 Å². The summed E-state index contributed by atoms with van der Waals surface area (Å²) in [4.78, 5) is 15.4. The molecule has 1 heterocycles. The SMILES string of the molecule is C=CC(=C(C)C=CC)n1cnc2ccc(C(=O)O)cc21. The Morgan fingerprint density at radius 2 is 2.20 bits per heavy atom. The minimum Gasteiger partial charge on any atom is -0.478 e. The van der Waals surface area contributed by atoms with Gasteiger partial charge in [-0.3, -0.25) is 4.57 Å². The molecule has 2 aromatic rings. The van der Waals surface area contributed by atoms with Crippen LogP contribution in [0.4, 0.5) is 0 Å². The highest BCUT2D eigenvalue weighted by Gasteiger charge is 2.10. The van der Waals surface area contributed by atoms with Gasteiger partial charge in [0.1, 0.15) is 6.33 Å². The standard InChI is InChI=1S/C16H16N2O2/c1-4-6-11(3)14(5-2)18-10-17-13-8-7-12(16(19)20)9-15(13)18/h4-10H,2H2,1,3H3,(H,19,20). The van der Waals surface area contributed by atoms with Crippen molar-refractivity contribution in [2.45, 2.75) is 13.8 Å². The number of imidazole rings is 1. The molecule has 4 nitrogen and oxygen atoms in total. The van der Waals surface area contributed by atoms with Crippen molar-refractivity contribution >= 4 is 22.7 Å². The van der Waals surface area contributed by atoms with E-state index in [9.17, 15) is 4.79 Å². The normalized spacial score (nSPS) is 12.7. The maximum atomic E-state index is 11.1. The molecular weight excluding hydrogens is 252 g/mol. The summed E-state index contributed by atoms with van der Waals surface area (Å²) in [6.07, 6.45) is 7.34. The highest BCUT2D eigenvalue weighted by atomic mass is 16.4. The van der Waals surface area contributed by atoms with Gasteiger partial charge in [-0.1, -0.05) is 18.7 Å². The van der Waals surface area contributed by atoms with Crippen LogP contribution >= 0.6 is 0 Å². The molecule has 0 saturated carbocycles.